The van der Waals surface area contributed by atoms with Gasteiger partial charge in [0.1, 0.15) is 11.3 Å². The van der Waals surface area contributed by atoms with Crippen molar-refractivity contribution < 1.29 is 24.5 Å². The number of fused-ring (bicyclic) bond motifs is 5. The quantitative estimate of drug-likeness (QED) is 0.794. The first-order chi connectivity index (χ1) is 13.9. The van der Waals surface area contributed by atoms with Crippen molar-refractivity contribution >= 4 is 5.97 Å². The molecule has 3 atom stereocenters. The second-order valence-corrected chi connectivity index (χ2v) is 8.43. The number of methoxy groups -OCH3 is 2. The molecule has 2 aromatic carbocycles. The van der Waals surface area contributed by atoms with E-state index < -0.39 is 5.97 Å². The molecule has 5 nitrogen and oxygen atoms in total. The van der Waals surface area contributed by atoms with Gasteiger partial charge in [0.2, 0.25) is 0 Å². The van der Waals surface area contributed by atoms with E-state index in [4.69, 9.17) is 9.47 Å². The molecule has 2 aromatic rings. The molecule has 0 heterocycles. The molecule has 154 valence electrons. The summed E-state index contributed by atoms with van der Waals surface area (Å²) in [6.07, 6.45) is 4.62. The van der Waals surface area contributed by atoms with Gasteiger partial charge in [-0.3, -0.25) is 0 Å². The van der Waals surface area contributed by atoms with Crippen LogP contribution in [0.4, 0.5) is 0 Å². The molecule has 2 aliphatic rings. The van der Waals surface area contributed by atoms with Gasteiger partial charge >= 0.3 is 5.97 Å². The fourth-order valence-corrected chi connectivity index (χ4v) is 5.23. The van der Waals surface area contributed by atoms with Crippen molar-refractivity contribution in [3.05, 3.63) is 52.1 Å². The Kier molecular flexibility index (Phi) is 5.15. The van der Waals surface area contributed by atoms with Gasteiger partial charge in [-0.2, -0.15) is 0 Å². The number of aryl methyl sites for hydroxylation is 1. The van der Waals surface area contributed by atoms with Crippen molar-refractivity contribution in [1.82, 2.24) is 0 Å². The smallest absolute Gasteiger partial charge is 0.339 e. The Hall–Kier alpha value is -2.69. The first-order valence-electron chi connectivity index (χ1n) is 10.2. The van der Waals surface area contributed by atoms with E-state index in [1.54, 1.807) is 7.11 Å². The average molecular weight is 396 g/mol. The van der Waals surface area contributed by atoms with Crippen molar-refractivity contribution in [2.75, 3.05) is 14.2 Å². The predicted octanol–water partition coefficient (Wildman–Crippen LogP) is 4.58. The van der Waals surface area contributed by atoms with E-state index in [-0.39, 0.29) is 17.2 Å². The molecule has 0 saturated heterocycles. The molecular weight excluding hydrogens is 368 g/mol. The second-order valence-electron chi connectivity index (χ2n) is 8.43. The summed E-state index contributed by atoms with van der Waals surface area (Å²) in [7, 11) is 3.10. The molecular formula is C24H28O5. The molecule has 2 N–H and O–H groups in total. The van der Waals surface area contributed by atoms with Gasteiger partial charge in [0, 0.05) is 5.56 Å². The Morgan fingerprint density at radius 2 is 1.83 bits per heavy atom. The minimum atomic E-state index is -0.965. The molecule has 0 radical (unpaired) electrons. The third-order valence-electron chi connectivity index (χ3n) is 6.86. The zero-order chi connectivity index (χ0) is 20.7. The SMILES string of the molecule is COc1cc2c(cc1C(=O)O)C1Cc3ccc(OC)c(O)c3CC(C)C(CC2)C1. The van der Waals surface area contributed by atoms with Crippen LogP contribution in [0.5, 0.6) is 17.2 Å². The number of benzene rings is 2. The molecule has 5 heteroatoms. The van der Waals surface area contributed by atoms with Crippen LogP contribution in [-0.4, -0.2) is 30.4 Å². The number of hydrogen-bond acceptors (Lipinski definition) is 4. The number of aromatic hydroxyl groups is 1. The number of carbonyl (C=O) groups is 1. The summed E-state index contributed by atoms with van der Waals surface area (Å²) in [4.78, 5) is 11.8. The lowest BCUT2D eigenvalue weighted by atomic mass is 9.74. The van der Waals surface area contributed by atoms with Crippen molar-refractivity contribution in [2.45, 2.75) is 44.9 Å². The van der Waals surface area contributed by atoms with Crippen LogP contribution in [0.1, 0.15) is 58.3 Å². The summed E-state index contributed by atoms with van der Waals surface area (Å²) in [5.74, 6) is 1.38. The van der Waals surface area contributed by atoms with Gasteiger partial charge in [-0.25, -0.2) is 4.79 Å². The number of aromatic carboxylic acids is 1. The van der Waals surface area contributed by atoms with Crippen LogP contribution in [0.25, 0.3) is 0 Å². The van der Waals surface area contributed by atoms with Crippen molar-refractivity contribution in [2.24, 2.45) is 11.8 Å². The molecule has 0 saturated carbocycles. The molecule has 2 aliphatic carbocycles. The molecule has 0 amide bonds. The Balaban J connectivity index is 1.85. The lowest BCUT2D eigenvalue weighted by molar-refractivity contribution is 0.0693. The number of carboxylic acids is 1. The largest absolute Gasteiger partial charge is 0.504 e. The second kappa shape index (κ2) is 7.62. The van der Waals surface area contributed by atoms with E-state index in [1.807, 2.05) is 24.3 Å². The lowest BCUT2D eigenvalue weighted by Crippen LogP contribution is -2.21. The summed E-state index contributed by atoms with van der Waals surface area (Å²) in [5, 5.41) is 20.4. The number of phenols is 1. The van der Waals surface area contributed by atoms with Gasteiger partial charge in [-0.05, 0) is 84.7 Å². The van der Waals surface area contributed by atoms with E-state index in [0.29, 0.717) is 23.3 Å². The summed E-state index contributed by atoms with van der Waals surface area (Å²) >= 11 is 0. The average Bonchev–Trinajstić information content (AvgIpc) is 2.88. The van der Waals surface area contributed by atoms with Gasteiger partial charge in [0.05, 0.1) is 14.2 Å². The van der Waals surface area contributed by atoms with E-state index >= 15 is 0 Å². The molecule has 0 fully saturated rings. The molecule has 0 spiro atoms. The maximum Gasteiger partial charge on any atom is 0.339 e. The highest BCUT2D eigenvalue weighted by atomic mass is 16.5. The zero-order valence-corrected chi connectivity index (χ0v) is 17.2. The van der Waals surface area contributed by atoms with Crippen LogP contribution in [0.3, 0.4) is 0 Å². The first kappa shape index (κ1) is 19.6. The van der Waals surface area contributed by atoms with Crippen LogP contribution < -0.4 is 9.47 Å². The summed E-state index contributed by atoms with van der Waals surface area (Å²) in [6.45, 7) is 2.26. The molecule has 0 aliphatic heterocycles. The third kappa shape index (κ3) is 3.43. The minimum Gasteiger partial charge on any atom is -0.504 e. The van der Waals surface area contributed by atoms with Crippen LogP contribution >= 0.6 is 0 Å². The van der Waals surface area contributed by atoms with Gasteiger partial charge < -0.3 is 19.7 Å². The Labute approximate surface area is 171 Å². The molecule has 29 heavy (non-hydrogen) atoms. The first-order valence-corrected chi connectivity index (χ1v) is 10.2. The van der Waals surface area contributed by atoms with Gasteiger partial charge in [-0.15, -0.1) is 0 Å². The van der Waals surface area contributed by atoms with E-state index in [1.165, 1.54) is 12.7 Å². The van der Waals surface area contributed by atoms with Crippen LogP contribution in [0.2, 0.25) is 0 Å². The number of ether oxygens (including phenoxy) is 2. The fourth-order valence-electron chi connectivity index (χ4n) is 5.23. The minimum absolute atomic E-state index is 0.218. The summed E-state index contributed by atoms with van der Waals surface area (Å²) in [6, 6.07) is 7.61. The lowest BCUT2D eigenvalue weighted by Gasteiger charge is -2.31. The number of carboxylic acid groups (broad SMARTS) is 1. The maximum atomic E-state index is 11.8. The Morgan fingerprint density at radius 1 is 1.07 bits per heavy atom. The predicted molar refractivity (Wildman–Crippen MR) is 110 cm³/mol. The maximum absolute atomic E-state index is 11.8. The topological polar surface area (TPSA) is 76.0 Å². The third-order valence-corrected chi connectivity index (χ3v) is 6.86. The van der Waals surface area contributed by atoms with Crippen LogP contribution in [0.15, 0.2) is 24.3 Å². The van der Waals surface area contributed by atoms with E-state index in [0.717, 1.165) is 48.8 Å². The van der Waals surface area contributed by atoms with Crippen LogP contribution in [-0.2, 0) is 19.3 Å². The zero-order valence-electron chi connectivity index (χ0n) is 17.2. The van der Waals surface area contributed by atoms with Gasteiger partial charge in [0.15, 0.2) is 11.5 Å². The van der Waals surface area contributed by atoms with Crippen molar-refractivity contribution in [3.63, 3.8) is 0 Å². The Bertz CT molecular complexity index is 949. The standard InChI is InChI=1S/C24H28O5/c1-13-8-19-15(6-7-21(28-2)23(19)25)10-17-9-14(13)4-5-16-11-22(29-3)20(24(26)27)12-18(16)17/h6-7,11-14,17,25H,4-5,8-10H2,1-3H3,(H,26,27). The normalized spacial score (nSPS) is 23.1. The summed E-state index contributed by atoms with van der Waals surface area (Å²) < 4.78 is 10.7. The van der Waals surface area contributed by atoms with E-state index in [2.05, 4.69) is 6.92 Å². The summed E-state index contributed by atoms with van der Waals surface area (Å²) in [5.41, 5.74) is 4.62. The molecule has 3 unspecified atom stereocenters. The number of phenolic OH excluding ortho intramolecular Hbond substituents is 1. The van der Waals surface area contributed by atoms with E-state index in [9.17, 15) is 15.0 Å². The highest BCUT2D eigenvalue weighted by molar-refractivity contribution is 5.91. The van der Waals surface area contributed by atoms with Crippen molar-refractivity contribution in [1.29, 1.82) is 0 Å². The van der Waals surface area contributed by atoms with Crippen molar-refractivity contribution in [3.8, 4) is 17.2 Å². The molecule has 4 rings (SSSR count). The fraction of sp³-hybridized carbons (Fsp3) is 0.458. The van der Waals surface area contributed by atoms with Gasteiger partial charge in [0.25, 0.3) is 0 Å². The molecule has 2 bridgehead atoms. The Morgan fingerprint density at radius 3 is 2.52 bits per heavy atom. The number of hydrogen-bond donors (Lipinski definition) is 2. The highest BCUT2D eigenvalue weighted by Crippen LogP contribution is 2.46. The highest BCUT2D eigenvalue weighted by Gasteiger charge is 2.33. The van der Waals surface area contributed by atoms with Crippen LogP contribution in [0, 0.1) is 11.8 Å². The van der Waals surface area contributed by atoms with Gasteiger partial charge in [-0.1, -0.05) is 13.0 Å². The molecule has 0 aromatic heterocycles. The monoisotopic (exact) mass is 396 g/mol. The number of rotatable bonds is 3.